The van der Waals surface area contributed by atoms with Crippen LogP contribution < -0.4 is 5.32 Å². The molecule has 0 saturated carbocycles. The summed E-state index contributed by atoms with van der Waals surface area (Å²) in [5.74, 6) is -0.335. The van der Waals surface area contributed by atoms with E-state index < -0.39 is 11.6 Å². The van der Waals surface area contributed by atoms with E-state index in [0.29, 0.717) is 0 Å². The van der Waals surface area contributed by atoms with Crippen molar-refractivity contribution in [2.24, 2.45) is 0 Å². The number of nitrogens with zero attached hydrogens (tertiary/aromatic N) is 2. The van der Waals surface area contributed by atoms with Crippen molar-refractivity contribution < 1.29 is 9.90 Å². The molecule has 0 aromatic carbocycles. The lowest BCUT2D eigenvalue weighted by atomic mass is 9.98. The normalized spacial score (nSPS) is 13.3. The van der Waals surface area contributed by atoms with Crippen molar-refractivity contribution in [3.05, 3.63) is 23.8 Å². The zero-order valence-corrected chi connectivity index (χ0v) is 9.98. The molecule has 0 bridgehead atoms. The summed E-state index contributed by atoms with van der Waals surface area (Å²) < 4.78 is 0. The van der Waals surface area contributed by atoms with Crippen LogP contribution in [-0.4, -0.2) is 32.6 Å². The van der Waals surface area contributed by atoms with Crippen molar-refractivity contribution in [2.75, 3.05) is 0 Å². The predicted octanol–water partition coefficient (Wildman–Crippen LogP) is 0.674. The highest BCUT2D eigenvalue weighted by Crippen LogP contribution is 2.09. The monoisotopic (exact) mass is 223 g/mol. The molecule has 0 radical (unpaired) electrons. The number of rotatable bonds is 3. The van der Waals surface area contributed by atoms with Crippen LogP contribution in [0, 0.1) is 6.92 Å². The molecule has 16 heavy (non-hydrogen) atoms. The van der Waals surface area contributed by atoms with E-state index in [1.54, 1.807) is 27.7 Å². The first-order valence-corrected chi connectivity index (χ1v) is 5.12. The molecule has 1 amide bonds. The Hall–Kier alpha value is -1.49. The van der Waals surface area contributed by atoms with E-state index in [1.165, 1.54) is 12.4 Å². The van der Waals surface area contributed by atoms with Gasteiger partial charge >= 0.3 is 0 Å². The Bertz CT molecular complexity index is 371. The van der Waals surface area contributed by atoms with Crippen LogP contribution in [-0.2, 0) is 0 Å². The third-order valence-electron chi connectivity index (χ3n) is 2.49. The minimum Gasteiger partial charge on any atom is -0.391 e. The van der Waals surface area contributed by atoms with Crippen molar-refractivity contribution in [1.82, 2.24) is 15.3 Å². The van der Waals surface area contributed by atoms with Gasteiger partial charge in [0.25, 0.3) is 5.91 Å². The van der Waals surface area contributed by atoms with E-state index >= 15 is 0 Å². The lowest BCUT2D eigenvalue weighted by Gasteiger charge is -2.29. The van der Waals surface area contributed by atoms with Crippen molar-refractivity contribution in [2.45, 2.75) is 39.3 Å². The Morgan fingerprint density at radius 3 is 2.50 bits per heavy atom. The highest BCUT2D eigenvalue weighted by atomic mass is 16.3. The minimum atomic E-state index is -0.691. The van der Waals surface area contributed by atoms with E-state index in [9.17, 15) is 9.90 Å². The fourth-order valence-electron chi connectivity index (χ4n) is 0.971. The summed E-state index contributed by atoms with van der Waals surface area (Å²) in [5.41, 5.74) is 0.314. The van der Waals surface area contributed by atoms with Gasteiger partial charge in [0.1, 0.15) is 5.69 Å². The Morgan fingerprint density at radius 2 is 2.06 bits per heavy atom. The van der Waals surface area contributed by atoms with Crippen LogP contribution >= 0.6 is 0 Å². The second-order valence-corrected chi connectivity index (χ2v) is 4.39. The number of hydrogen-bond donors (Lipinski definition) is 2. The fourth-order valence-corrected chi connectivity index (χ4v) is 0.971. The molecule has 1 aromatic rings. The Kier molecular flexibility index (Phi) is 3.59. The molecule has 0 spiro atoms. The lowest BCUT2D eigenvalue weighted by Crippen LogP contribution is -2.51. The molecule has 5 nitrogen and oxygen atoms in total. The summed E-state index contributed by atoms with van der Waals surface area (Å²) in [6, 6.07) is 0. The molecule has 1 unspecified atom stereocenters. The quantitative estimate of drug-likeness (QED) is 0.790. The molecule has 1 atom stereocenters. The highest BCUT2D eigenvalue weighted by Gasteiger charge is 2.26. The summed E-state index contributed by atoms with van der Waals surface area (Å²) in [4.78, 5) is 19.7. The topological polar surface area (TPSA) is 75.1 Å². The van der Waals surface area contributed by atoms with Gasteiger partial charge in [0.15, 0.2) is 0 Å². The SMILES string of the molecule is Cc1cnc(C(=O)NC(C)(C)C(C)O)cn1. The number of amides is 1. The number of carbonyl (C=O) groups excluding carboxylic acids is 1. The number of hydrogen-bond acceptors (Lipinski definition) is 4. The molecule has 1 heterocycles. The van der Waals surface area contributed by atoms with Crippen LogP contribution in [0.1, 0.15) is 37.0 Å². The second-order valence-electron chi connectivity index (χ2n) is 4.39. The average molecular weight is 223 g/mol. The van der Waals surface area contributed by atoms with Gasteiger partial charge < -0.3 is 10.4 Å². The van der Waals surface area contributed by atoms with Gasteiger partial charge in [-0.15, -0.1) is 0 Å². The Balaban J connectivity index is 2.77. The summed E-state index contributed by atoms with van der Waals surface area (Å²) in [6.45, 7) is 6.92. The van der Waals surface area contributed by atoms with Gasteiger partial charge in [-0.05, 0) is 27.7 Å². The average Bonchev–Trinajstić information content (AvgIpc) is 2.17. The molecular weight excluding hydrogens is 206 g/mol. The molecule has 0 fully saturated rings. The first kappa shape index (κ1) is 12.6. The van der Waals surface area contributed by atoms with Crippen LogP contribution in [0.25, 0.3) is 0 Å². The number of aromatic nitrogens is 2. The molecule has 0 saturated heterocycles. The van der Waals surface area contributed by atoms with E-state index in [-0.39, 0.29) is 11.6 Å². The molecule has 88 valence electrons. The van der Waals surface area contributed by atoms with Crippen molar-refractivity contribution in [3.63, 3.8) is 0 Å². The third-order valence-corrected chi connectivity index (χ3v) is 2.49. The first-order chi connectivity index (χ1) is 7.33. The molecule has 0 aliphatic rings. The van der Waals surface area contributed by atoms with Gasteiger partial charge in [-0.3, -0.25) is 9.78 Å². The number of nitrogens with one attached hydrogen (secondary N) is 1. The maximum atomic E-state index is 11.8. The van der Waals surface area contributed by atoms with Crippen molar-refractivity contribution >= 4 is 5.91 Å². The van der Waals surface area contributed by atoms with Crippen molar-refractivity contribution in [1.29, 1.82) is 0 Å². The van der Waals surface area contributed by atoms with Gasteiger partial charge in [-0.2, -0.15) is 0 Å². The molecule has 1 rings (SSSR count). The lowest BCUT2D eigenvalue weighted by molar-refractivity contribution is 0.0705. The highest BCUT2D eigenvalue weighted by molar-refractivity contribution is 5.92. The van der Waals surface area contributed by atoms with E-state index in [2.05, 4.69) is 15.3 Å². The van der Waals surface area contributed by atoms with Gasteiger partial charge in [0.05, 0.1) is 23.5 Å². The zero-order chi connectivity index (χ0) is 12.3. The maximum Gasteiger partial charge on any atom is 0.271 e. The van der Waals surface area contributed by atoms with Crippen LogP contribution in [0.3, 0.4) is 0 Å². The predicted molar refractivity (Wildman–Crippen MR) is 60.0 cm³/mol. The molecule has 0 aliphatic heterocycles. The first-order valence-electron chi connectivity index (χ1n) is 5.12. The molecule has 5 heteroatoms. The van der Waals surface area contributed by atoms with Crippen LogP contribution in [0.5, 0.6) is 0 Å². The third kappa shape index (κ3) is 3.00. The van der Waals surface area contributed by atoms with E-state index in [1.807, 2.05) is 0 Å². The van der Waals surface area contributed by atoms with E-state index in [0.717, 1.165) is 5.69 Å². The summed E-state index contributed by atoms with van der Waals surface area (Å²) >= 11 is 0. The molecular formula is C11H17N3O2. The van der Waals surface area contributed by atoms with Crippen LogP contribution in [0.15, 0.2) is 12.4 Å². The second kappa shape index (κ2) is 4.57. The number of carbonyl (C=O) groups is 1. The van der Waals surface area contributed by atoms with Gasteiger partial charge in [0.2, 0.25) is 0 Å². The standard InChI is InChI=1S/C11H17N3O2/c1-7-5-13-9(6-12-7)10(16)14-11(3,4)8(2)15/h5-6,8,15H,1-4H3,(H,14,16). The summed E-state index contributed by atoms with van der Waals surface area (Å²) in [6.07, 6.45) is 2.31. The van der Waals surface area contributed by atoms with E-state index in [4.69, 9.17) is 0 Å². The zero-order valence-electron chi connectivity index (χ0n) is 9.98. The molecule has 1 aromatic heterocycles. The molecule has 0 aliphatic carbocycles. The fraction of sp³-hybridized carbons (Fsp3) is 0.545. The van der Waals surface area contributed by atoms with Crippen LogP contribution in [0.2, 0.25) is 0 Å². The largest absolute Gasteiger partial charge is 0.391 e. The summed E-state index contributed by atoms with van der Waals surface area (Å²) in [5, 5.41) is 12.2. The minimum absolute atomic E-state index is 0.249. The number of aliphatic hydroxyl groups is 1. The number of aryl methyl sites for hydroxylation is 1. The van der Waals surface area contributed by atoms with Gasteiger partial charge in [0, 0.05) is 6.20 Å². The smallest absolute Gasteiger partial charge is 0.271 e. The van der Waals surface area contributed by atoms with Crippen LogP contribution in [0.4, 0.5) is 0 Å². The van der Waals surface area contributed by atoms with Crippen molar-refractivity contribution in [3.8, 4) is 0 Å². The Labute approximate surface area is 94.9 Å². The van der Waals surface area contributed by atoms with Gasteiger partial charge in [-0.1, -0.05) is 0 Å². The summed E-state index contributed by atoms with van der Waals surface area (Å²) in [7, 11) is 0. The van der Waals surface area contributed by atoms with Gasteiger partial charge in [-0.25, -0.2) is 4.98 Å². The Morgan fingerprint density at radius 1 is 1.44 bits per heavy atom. The molecule has 2 N–H and O–H groups in total. The number of aliphatic hydroxyl groups excluding tert-OH is 1. The maximum absolute atomic E-state index is 11.8.